The summed E-state index contributed by atoms with van der Waals surface area (Å²) < 4.78 is 5.41. The standard InChI is InChI=1S/C12H20N2O2/c1-4-16-12-6-10(13)5-11(7-12)14(3)8-9(2)15/h5-7,9,15H,4,8,13H2,1-3H3. The van der Waals surface area contributed by atoms with E-state index in [1.54, 1.807) is 13.0 Å². The molecule has 1 aromatic carbocycles. The lowest BCUT2D eigenvalue weighted by molar-refractivity contribution is 0.201. The summed E-state index contributed by atoms with van der Waals surface area (Å²) in [5.74, 6) is 0.759. The largest absolute Gasteiger partial charge is 0.494 e. The van der Waals surface area contributed by atoms with E-state index in [1.165, 1.54) is 0 Å². The fourth-order valence-electron chi connectivity index (χ4n) is 1.58. The van der Waals surface area contributed by atoms with Crippen LogP contribution in [0.2, 0.25) is 0 Å². The van der Waals surface area contributed by atoms with Gasteiger partial charge in [0.1, 0.15) is 5.75 Å². The van der Waals surface area contributed by atoms with E-state index < -0.39 is 0 Å². The summed E-state index contributed by atoms with van der Waals surface area (Å²) >= 11 is 0. The normalized spacial score (nSPS) is 12.2. The Morgan fingerprint density at radius 3 is 2.69 bits per heavy atom. The summed E-state index contributed by atoms with van der Waals surface area (Å²) in [7, 11) is 1.91. The third kappa shape index (κ3) is 3.62. The topological polar surface area (TPSA) is 58.7 Å². The summed E-state index contributed by atoms with van der Waals surface area (Å²) in [5.41, 5.74) is 7.40. The average Bonchev–Trinajstić information content (AvgIpc) is 2.16. The molecule has 0 amide bonds. The minimum Gasteiger partial charge on any atom is -0.494 e. The zero-order valence-corrected chi connectivity index (χ0v) is 10.1. The SMILES string of the molecule is CCOc1cc(N)cc(N(C)CC(C)O)c1. The van der Waals surface area contributed by atoms with Gasteiger partial charge in [0.2, 0.25) is 0 Å². The highest BCUT2D eigenvalue weighted by Crippen LogP contribution is 2.25. The number of anilines is 2. The number of nitrogens with zero attached hydrogens (tertiary/aromatic N) is 1. The average molecular weight is 224 g/mol. The zero-order chi connectivity index (χ0) is 12.1. The Morgan fingerprint density at radius 1 is 1.44 bits per heavy atom. The van der Waals surface area contributed by atoms with Crippen LogP contribution in [0.25, 0.3) is 0 Å². The molecule has 90 valence electrons. The number of benzene rings is 1. The van der Waals surface area contributed by atoms with E-state index >= 15 is 0 Å². The van der Waals surface area contributed by atoms with Gasteiger partial charge in [-0.05, 0) is 19.9 Å². The number of aliphatic hydroxyl groups is 1. The molecule has 0 saturated carbocycles. The van der Waals surface area contributed by atoms with E-state index in [0.29, 0.717) is 18.8 Å². The van der Waals surface area contributed by atoms with E-state index in [0.717, 1.165) is 11.4 Å². The molecule has 0 fully saturated rings. The van der Waals surface area contributed by atoms with Crippen LogP contribution in [0.1, 0.15) is 13.8 Å². The molecule has 1 rings (SSSR count). The third-order valence-electron chi connectivity index (χ3n) is 2.20. The molecule has 1 aromatic rings. The smallest absolute Gasteiger partial charge is 0.123 e. The first-order chi connectivity index (χ1) is 7.52. The van der Waals surface area contributed by atoms with Crippen LogP contribution in [-0.4, -0.2) is 31.4 Å². The summed E-state index contributed by atoms with van der Waals surface area (Å²) in [5, 5.41) is 9.32. The summed E-state index contributed by atoms with van der Waals surface area (Å²) in [6, 6.07) is 5.58. The summed E-state index contributed by atoms with van der Waals surface area (Å²) in [4.78, 5) is 1.95. The van der Waals surface area contributed by atoms with Crippen LogP contribution in [0.15, 0.2) is 18.2 Å². The lowest BCUT2D eigenvalue weighted by Gasteiger charge is -2.22. The fraction of sp³-hybridized carbons (Fsp3) is 0.500. The van der Waals surface area contributed by atoms with E-state index in [1.807, 2.05) is 31.0 Å². The second kappa shape index (κ2) is 5.61. The highest BCUT2D eigenvalue weighted by Gasteiger charge is 2.07. The number of ether oxygens (including phenoxy) is 1. The predicted octanol–water partition coefficient (Wildman–Crippen LogP) is 1.48. The lowest BCUT2D eigenvalue weighted by atomic mass is 10.2. The highest BCUT2D eigenvalue weighted by molar-refractivity contribution is 5.60. The molecule has 0 aromatic heterocycles. The van der Waals surface area contributed by atoms with Gasteiger partial charge in [0.15, 0.2) is 0 Å². The number of aliphatic hydroxyl groups excluding tert-OH is 1. The van der Waals surface area contributed by atoms with Crippen LogP contribution in [0, 0.1) is 0 Å². The van der Waals surface area contributed by atoms with Gasteiger partial charge in [-0.2, -0.15) is 0 Å². The molecule has 0 aliphatic carbocycles. The van der Waals surface area contributed by atoms with Crippen LogP contribution in [0.4, 0.5) is 11.4 Å². The number of nitrogens with two attached hydrogens (primary N) is 1. The van der Waals surface area contributed by atoms with Gasteiger partial charge >= 0.3 is 0 Å². The van der Waals surface area contributed by atoms with E-state index in [4.69, 9.17) is 10.5 Å². The van der Waals surface area contributed by atoms with Crippen molar-refractivity contribution in [2.75, 3.05) is 30.8 Å². The molecule has 0 bridgehead atoms. The van der Waals surface area contributed by atoms with Crippen LogP contribution in [0.5, 0.6) is 5.75 Å². The van der Waals surface area contributed by atoms with Crippen LogP contribution >= 0.6 is 0 Å². The van der Waals surface area contributed by atoms with Gasteiger partial charge in [-0.25, -0.2) is 0 Å². The Morgan fingerprint density at radius 2 is 2.12 bits per heavy atom. The van der Waals surface area contributed by atoms with Crippen molar-refractivity contribution in [2.24, 2.45) is 0 Å². The van der Waals surface area contributed by atoms with Crippen LogP contribution in [-0.2, 0) is 0 Å². The minimum absolute atomic E-state index is 0.373. The second-order valence-corrected chi connectivity index (χ2v) is 3.92. The van der Waals surface area contributed by atoms with E-state index in [-0.39, 0.29) is 6.10 Å². The molecule has 0 aliphatic rings. The maximum Gasteiger partial charge on any atom is 0.123 e. The second-order valence-electron chi connectivity index (χ2n) is 3.92. The quantitative estimate of drug-likeness (QED) is 0.744. The molecule has 4 heteroatoms. The predicted molar refractivity (Wildman–Crippen MR) is 67.0 cm³/mol. The first kappa shape index (κ1) is 12.6. The fourth-order valence-corrected chi connectivity index (χ4v) is 1.58. The van der Waals surface area contributed by atoms with Gasteiger partial charge in [-0.1, -0.05) is 0 Å². The summed E-state index contributed by atoms with van der Waals surface area (Å²) in [6.45, 7) is 4.87. The first-order valence-electron chi connectivity index (χ1n) is 5.45. The van der Waals surface area contributed by atoms with Gasteiger partial charge in [0.25, 0.3) is 0 Å². The van der Waals surface area contributed by atoms with Gasteiger partial charge < -0.3 is 20.5 Å². The maximum atomic E-state index is 9.32. The van der Waals surface area contributed by atoms with Gasteiger partial charge in [-0.15, -0.1) is 0 Å². The molecular weight excluding hydrogens is 204 g/mol. The maximum absolute atomic E-state index is 9.32. The molecule has 4 nitrogen and oxygen atoms in total. The Balaban J connectivity index is 2.86. The molecule has 16 heavy (non-hydrogen) atoms. The minimum atomic E-state index is -0.373. The highest BCUT2D eigenvalue weighted by atomic mass is 16.5. The molecular formula is C12H20N2O2. The van der Waals surface area contributed by atoms with Crippen molar-refractivity contribution in [1.82, 2.24) is 0 Å². The monoisotopic (exact) mass is 224 g/mol. The number of hydrogen-bond donors (Lipinski definition) is 2. The van der Waals surface area contributed by atoms with Crippen molar-refractivity contribution < 1.29 is 9.84 Å². The molecule has 1 unspecified atom stereocenters. The molecule has 0 radical (unpaired) electrons. The zero-order valence-electron chi connectivity index (χ0n) is 10.1. The lowest BCUT2D eigenvalue weighted by Crippen LogP contribution is -2.26. The number of hydrogen-bond acceptors (Lipinski definition) is 4. The molecule has 0 saturated heterocycles. The van der Waals surface area contributed by atoms with Gasteiger partial charge in [0, 0.05) is 37.1 Å². The van der Waals surface area contributed by atoms with E-state index in [2.05, 4.69) is 0 Å². The number of likely N-dealkylation sites (N-methyl/N-ethyl adjacent to an activating group) is 1. The van der Waals surface area contributed by atoms with Crippen molar-refractivity contribution in [3.63, 3.8) is 0 Å². The van der Waals surface area contributed by atoms with Crippen molar-refractivity contribution in [3.8, 4) is 5.75 Å². The molecule has 0 aliphatic heterocycles. The van der Waals surface area contributed by atoms with Gasteiger partial charge in [0.05, 0.1) is 12.7 Å². The first-order valence-corrected chi connectivity index (χ1v) is 5.45. The van der Waals surface area contributed by atoms with Crippen molar-refractivity contribution >= 4 is 11.4 Å². The number of rotatable bonds is 5. The molecule has 0 spiro atoms. The molecule has 0 heterocycles. The Hall–Kier alpha value is -1.42. The van der Waals surface area contributed by atoms with Crippen LogP contribution in [0.3, 0.4) is 0 Å². The number of nitrogen functional groups attached to an aromatic ring is 1. The van der Waals surface area contributed by atoms with E-state index in [9.17, 15) is 5.11 Å². The summed E-state index contributed by atoms with van der Waals surface area (Å²) in [6.07, 6.45) is -0.373. The van der Waals surface area contributed by atoms with Crippen molar-refractivity contribution in [3.05, 3.63) is 18.2 Å². The Kier molecular flexibility index (Phi) is 4.43. The van der Waals surface area contributed by atoms with Crippen LogP contribution < -0.4 is 15.4 Å². The molecule has 1 atom stereocenters. The van der Waals surface area contributed by atoms with Gasteiger partial charge in [-0.3, -0.25) is 0 Å². The van der Waals surface area contributed by atoms with Crippen molar-refractivity contribution in [2.45, 2.75) is 20.0 Å². The Labute approximate surface area is 96.6 Å². The Bertz CT molecular complexity index is 340. The third-order valence-corrected chi connectivity index (χ3v) is 2.20. The molecule has 3 N–H and O–H groups in total. The van der Waals surface area contributed by atoms with Crippen molar-refractivity contribution in [1.29, 1.82) is 0 Å².